The zero-order chi connectivity index (χ0) is 16.3. The lowest BCUT2D eigenvalue weighted by Crippen LogP contribution is -2.32. The second kappa shape index (κ2) is 11.5. The monoisotopic (exact) mass is 300 g/mol. The van der Waals surface area contributed by atoms with Crippen LogP contribution >= 0.6 is 0 Å². The first-order chi connectivity index (χ1) is 9.92. The highest BCUT2D eigenvalue weighted by molar-refractivity contribution is 5.76. The van der Waals surface area contributed by atoms with Crippen LogP contribution in [0.25, 0.3) is 0 Å². The molecule has 21 heavy (non-hydrogen) atoms. The fourth-order valence-corrected chi connectivity index (χ4v) is 2.28. The standard InChI is InChI=1S/C16H32N2O3/c1-5-18(6-2)15(19)11-8-12-17-14(4)10-7-9-13(3)16(20)21/h13-14,17H,5-12H2,1-4H3,(H,20,21). The Hall–Kier alpha value is -1.10. The molecule has 0 spiro atoms. The number of hydrogen-bond donors (Lipinski definition) is 2. The Morgan fingerprint density at radius 1 is 1.10 bits per heavy atom. The summed E-state index contributed by atoms with van der Waals surface area (Å²) in [6.45, 7) is 10.3. The minimum Gasteiger partial charge on any atom is -0.481 e. The van der Waals surface area contributed by atoms with Crippen molar-refractivity contribution in [1.82, 2.24) is 10.2 Å². The summed E-state index contributed by atoms with van der Waals surface area (Å²) in [5.74, 6) is -0.751. The summed E-state index contributed by atoms with van der Waals surface area (Å²) in [4.78, 5) is 24.4. The quantitative estimate of drug-likeness (QED) is 0.543. The molecule has 0 aliphatic heterocycles. The van der Waals surface area contributed by atoms with Gasteiger partial charge in [-0.1, -0.05) is 13.3 Å². The Bertz CT molecular complexity index is 304. The summed E-state index contributed by atoms with van der Waals surface area (Å²) in [7, 11) is 0. The first-order valence-corrected chi connectivity index (χ1v) is 8.16. The van der Waals surface area contributed by atoms with Crippen LogP contribution in [-0.4, -0.2) is 47.6 Å². The molecule has 0 fully saturated rings. The summed E-state index contributed by atoms with van der Waals surface area (Å²) in [6.07, 6.45) is 4.06. The molecule has 0 saturated carbocycles. The van der Waals surface area contributed by atoms with E-state index in [2.05, 4.69) is 12.2 Å². The molecule has 1 amide bonds. The second-order valence-corrected chi connectivity index (χ2v) is 5.69. The Balaban J connectivity index is 3.64. The van der Waals surface area contributed by atoms with E-state index in [9.17, 15) is 9.59 Å². The molecule has 2 unspecified atom stereocenters. The van der Waals surface area contributed by atoms with Crippen molar-refractivity contribution in [2.75, 3.05) is 19.6 Å². The van der Waals surface area contributed by atoms with E-state index in [1.165, 1.54) is 0 Å². The number of carboxylic acids is 1. The molecule has 0 heterocycles. The predicted molar refractivity (Wildman–Crippen MR) is 85.3 cm³/mol. The summed E-state index contributed by atoms with van der Waals surface area (Å²) < 4.78 is 0. The fourth-order valence-electron chi connectivity index (χ4n) is 2.28. The summed E-state index contributed by atoms with van der Waals surface area (Å²) in [5.41, 5.74) is 0. The Morgan fingerprint density at radius 2 is 1.71 bits per heavy atom. The predicted octanol–water partition coefficient (Wildman–Crippen LogP) is 2.50. The van der Waals surface area contributed by atoms with Gasteiger partial charge in [0.25, 0.3) is 0 Å². The molecule has 0 aromatic rings. The van der Waals surface area contributed by atoms with Crippen LogP contribution in [0.4, 0.5) is 0 Å². The van der Waals surface area contributed by atoms with Gasteiger partial charge in [-0.3, -0.25) is 9.59 Å². The molecule has 0 radical (unpaired) electrons. The molecule has 2 atom stereocenters. The van der Waals surface area contributed by atoms with Gasteiger partial charge in [0.2, 0.25) is 5.91 Å². The number of carboxylic acid groups (broad SMARTS) is 1. The van der Waals surface area contributed by atoms with Crippen molar-refractivity contribution in [1.29, 1.82) is 0 Å². The lowest BCUT2D eigenvalue weighted by atomic mass is 10.0. The van der Waals surface area contributed by atoms with Gasteiger partial charge in [0.15, 0.2) is 0 Å². The molecule has 0 aliphatic rings. The van der Waals surface area contributed by atoms with Gasteiger partial charge >= 0.3 is 5.97 Å². The third-order valence-electron chi connectivity index (χ3n) is 3.87. The fraction of sp³-hybridized carbons (Fsp3) is 0.875. The lowest BCUT2D eigenvalue weighted by Gasteiger charge is -2.19. The van der Waals surface area contributed by atoms with Gasteiger partial charge in [0.1, 0.15) is 0 Å². The lowest BCUT2D eigenvalue weighted by molar-refractivity contribution is -0.141. The molecular weight excluding hydrogens is 268 g/mol. The van der Waals surface area contributed by atoms with E-state index < -0.39 is 5.97 Å². The molecule has 0 aromatic heterocycles. The maximum Gasteiger partial charge on any atom is 0.306 e. The normalized spacial score (nSPS) is 13.7. The molecule has 0 rings (SSSR count). The van der Waals surface area contributed by atoms with E-state index in [0.29, 0.717) is 12.5 Å². The molecule has 0 saturated heterocycles. The Kier molecular flexibility index (Phi) is 10.9. The average Bonchev–Trinajstić information content (AvgIpc) is 2.44. The molecule has 5 heteroatoms. The minimum atomic E-state index is -0.717. The minimum absolute atomic E-state index is 0.227. The molecule has 124 valence electrons. The zero-order valence-electron chi connectivity index (χ0n) is 14.0. The van der Waals surface area contributed by atoms with Gasteiger partial charge in [-0.25, -0.2) is 0 Å². The zero-order valence-corrected chi connectivity index (χ0v) is 14.0. The smallest absolute Gasteiger partial charge is 0.306 e. The third-order valence-corrected chi connectivity index (χ3v) is 3.87. The van der Waals surface area contributed by atoms with Crippen molar-refractivity contribution in [2.24, 2.45) is 5.92 Å². The largest absolute Gasteiger partial charge is 0.481 e. The number of rotatable bonds is 12. The van der Waals surface area contributed by atoms with Crippen LogP contribution < -0.4 is 5.32 Å². The highest BCUT2D eigenvalue weighted by Crippen LogP contribution is 2.09. The van der Waals surface area contributed by atoms with E-state index in [1.54, 1.807) is 6.92 Å². The summed E-state index contributed by atoms with van der Waals surface area (Å²) in [6, 6.07) is 0.370. The van der Waals surface area contributed by atoms with E-state index in [-0.39, 0.29) is 11.8 Å². The highest BCUT2D eigenvalue weighted by Gasteiger charge is 2.11. The maximum absolute atomic E-state index is 11.8. The number of carbonyl (C=O) groups excluding carboxylic acids is 1. The van der Waals surface area contributed by atoms with Crippen LogP contribution in [0.15, 0.2) is 0 Å². The van der Waals surface area contributed by atoms with Crippen LogP contribution in [-0.2, 0) is 9.59 Å². The molecule has 5 nitrogen and oxygen atoms in total. The van der Waals surface area contributed by atoms with Crippen molar-refractivity contribution in [3.63, 3.8) is 0 Å². The first-order valence-electron chi connectivity index (χ1n) is 8.16. The third kappa shape index (κ3) is 9.45. The maximum atomic E-state index is 11.8. The van der Waals surface area contributed by atoms with Crippen LogP contribution in [0.3, 0.4) is 0 Å². The Labute approximate surface area is 129 Å². The van der Waals surface area contributed by atoms with Gasteiger partial charge in [-0.15, -0.1) is 0 Å². The number of carbonyl (C=O) groups is 2. The van der Waals surface area contributed by atoms with Crippen LogP contribution in [0.2, 0.25) is 0 Å². The van der Waals surface area contributed by atoms with Crippen LogP contribution in [0.5, 0.6) is 0 Å². The summed E-state index contributed by atoms with van der Waals surface area (Å²) >= 11 is 0. The van der Waals surface area contributed by atoms with Crippen LogP contribution in [0.1, 0.15) is 59.8 Å². The first kappa shape index (κ1) is 19.9. The van der Waals surface area contributed by atoms with E-state index in [1.807, 2.05) is 18.7 Å². The van der Waals surface area contributed by atoms with Gasteiger partial charge in [-0.05, 0) is 46.6 Å². The van der Waals surface area contributed by atoms with E-state index in [4.69, 9.17) is 5.11 Å². The van der Waals surface area contributed by atoms with Gasteiger partial charge in [0, 0.05) is 25.6 Å². The van der Waals surface area contributed by atoms with Crippen molar-refractivity contribution in [3.8, 4) is 0 Å². The summed E-state index contributed by atoms with van der Waals surface area (Å²) in [5, 5.41) is 12.2. The number of hydrogen-bond acceptors (Lipinski definition) is 3. The van der Waals surface area contributed by atoms with Crippen molar-refractivity contribution in [2.45, 2.75) is 65.8 Å². The molecule has 0 bridgehead atoms. The van der Waals surface area contributed by atoms with Gasteiger partial charge < -0.3 is 15.3 Å². The van der Waals surface area contributed by atoms with Crippen LogP contribution in [0, 0.1) is 5.92 Å². The van der Waals surface area contributed by atoms with Gasteiger partial charge in [0.05, 0.1) is 5.92 Å². The molecule has 0 aromatic carbocycles. The number of nitrogens with one attached hydrogen (secondary N) is 1. The second-order valence-electron chi connectivity index (χ2n) is 5.69. The van der Waals surface area contributed by atoms with E-state index in [0.717, 1.165) is 45.3 Å². The van der Waals surface area contributed by atoms with Crippen molar-refractivity contribution in [3.05, 3.63) is 0 Å². The topological polar surface area (TPSA) is 69.6 Å². The molecular formula is C16H32N2O3. The Morgan fingerprint density at radius 3 is 2.24 bits per heavy atom. The number of aliphatic carboxylic acids is 1. The van der Waals surface area contributed by atoms with Crippen molar-refractivity contribution >= 4 is 11.9 Å². The van der Waals surface area contributed by atoms with E-state index >= 15 is 0 Å². The highest BCUT2D eigenvalue weighted by atomic mass is 16.4. The average molecular weight is 300 g/mol. The molecule has 2 N–H and O–H groups in total. The van der Waals surface area contributed by atoms with Crippen molar-refractivity contribution < 1.29 is 14.7 Å². The molecule has 0 aliphatic carbocycles. The number of amides is 1. The SMILES string of the molecule is CCN(CC)C(=O)CCCNC(C)CCCC(C)C(=O)O. The van der Waals surface area contributed by atoms with Gasteiger partial charge in [-0.2, -0.15) is 0 Å². The number of nitrogens with zero attached hydrogens (tertiary/aromatic N) is 1.